The van der Waals surface area contributed by atoms with E-state index >= 15 is 0 Å². The molecule has 0 amide bonds. The highest BCUT2D eigenvalue weighted by atomic mass is 16.5. The molecule has 3 heteroatoms. The van der Waals surface area contributed by atoms with Crippen molar-refractivity contribution in [1.29, 1.82) is 0 Å². The summed E-state index contributed by atoms with van der Waals surface area (Å²) in [5.74, 6) is 0.443. The van der Waals surface area contributed by atoms with Gasteiger partial charge >= 0.3 is 0 Å². The van der Waals surface area contributed by atoms with Gasteiger partial charge < -0.3 is 14.9 Å². The molecule has 0 spiro atoms. The fourth-order valence-corrected chi connectivity index (χ4v) is 1.67. The number of hydrogen-bond donors (Lipinski definition) is 2. The van der Waals surface area contributed by atoms with Gasteiger partial charge in [0.25, 0.3) is 0 Å². The van der Waals surface area contributed by atoms with Gasteiger partial charge in [-0.15, -0.1) is 0 Å². The summed E-state index contributed by atoms with van der Waals surface area (Å²) in [4.78, 5) is 0. The van der Waals surface area contributed by atoms with Crippen LogP contribution in [0.5, 0.6) is 0 Å². The summed E-state index contributed by atoms with van der Waals surface area (Å²) in [5, 5.41) is 18.7. The van der Waals surface area contributed by atoms with Crippen LogP contribution in [0.3, 0.4) is 0 Å². The smallest absolute Gasteiger partial charge is 0.106 e. The zero-order valence-electron chi connectivity index (χ0n) is 7.03. The van der Waals surface area contributed by atoms with Crippen LogP contribution in [0.4, 0.5) is 0 Å². The van der Waals surface area contributed by atoms with Crippen LogP contribution in [-0.2, 0) is 4.74 Å². The fourth-order valence-electron chi connectivity index (χ4n) is 1.67. The van der Waals surface area contributed by atoms with E-state index in [2.05, 4.69) is 6.92 Å². The van der Waals surface area contributed by atoms with Crippen LogP contribution in [0.2, 0.25) is 0 Å². The summed E-state index contributed by atoms with van der Waals surface area (Å²) in [6.07, 6.45) is 0.0316. The Morgan fingerprint density at radius 3 is 2.45 bits per heavy atom. The Bertz CT molecular complexity index is 127. The molecule has 4 unspecified atom stereocenters. The lowest BCUT2D eigenvalue weighted by Crippen LogP contribution is -2.44. The first-order valence-corrected chi connectivity index (χ1v) is 4.04. The second kappa shape index (κ2) is 3.52. The highest BCUT2D eigenvalue weighted by Crippen LogP contribution is 2.26. The van der Waals surface area contributed by atoms with Crippen molar-refractivity contribution in [3.05, 3.63) is 0 Å². The van der Waals surface area contributed by atoms with Crippen molar-refractivity contribution >= 4 is 0 Å². The molecule has 1 rings (SSSR count). The number of methoxy groups -OCH3 is 1. The lowest BCUT2D eigenvalue weighted by atomic mass is 9.84. The SMILES string of the molecule is COC1CC(C)CC(O)C1O. The van der Waals surface area contributed by atoms with Crippen molar-refractivity contribution in [2.24, 2.45) is 5.92 Å². The van der Waals surface area contributed by atoms with Crippen LogP contribution in [0.15, 0.2) is 0 Å². The Hall–Kier alpha value is -0.120. The number of hydrogen-bond acceptors (Lipinski definition) is 3. The summed E-state index contributed by atoms with van der Waals surface area (Å²) in [7, 11) is 1.57. The molecule has 3 nitrogen and oxygen atoms in total. The highest BCUT2D eigenvalue weighted by molar-refractivity contribution is 4.84. The maximum Gasteiger partial charge on any atom is 0.106 e. The van der Waals surface area contributed by atoms with Crippen molar-refractivity contribution in [3.8, 4) is 0 Å². The molecular weight excluding hydrogens is 144 g/mol. The zero-order chi connectivity index (χ0) is 8.43. The second-order valence-electron chi connectivity index (χ2n) is 3.41. The normalized spacial score (nSPS) is 45.8. The second-order valence-corrected chi connectivity index (χ2v) is 3.41. The minimum Gasteiger partial charge on any atom is -0.390 e. The van der Waals surface area contributed by atoms with Crippen molar-refractivity contribution in [2.75, 3.05) is 7.11 Å². The minimum atomic E-state index is -0.698. The molecule has 1 fully saturated rings. The van der Waals surface area contributed by atoms with E-state index in [4.69, 9.17) is 4.74 Å². The Morgan fingerprint density at radius 1 is 1.27 bits per heavy atom. The van der Waals surface area contributed by atoms with Gasteiger partial charge in [0.2, 0.25) is 0 Å². The maximum atomic E-state index is 9.38. The summed E-state index contributed by atoms with van der Waals surface area (Å²) in [6, 6.07) is 0. The van der Waals surface area contributed by atoms with Gasteiger partial charge in [-0.1, -0.05) is 6.92 Å². The first kappa shape index (κ1) is 8.97. The van der Waals surface area contributed by atoms with Gasteiger partial charge in [0, 0.05) is 7.11 Å². The molecule has 0 radical (unpaired) electrons. The molecule has 0 aliphatic heterocycles. The van der Waals surface area contributed by atoms with Crippen molar-refractivity contribution < 1.29 is 14.9 Å². The average Bonchev–Trinajstić information content (AvgIpc) is 1.96. The number of ether oxygens (including phenoxy) is 1. The van der Waals surface area contributed by atoms with Crippen molar-refractivity contribution in [3.63, 3.8) is 0 Å². The summed E-state index contributed by atoms with van der Waals surface area (Å²) in [6.45, 7) is 2.06. The number of aliphatic hydroxyl groups is 2. The van der Waals surface area contributed by atoms with Crippen LogP contribution in [-0.4, -0.2) is 35.6 Å². The minimum absolute atomic E-state index is 0.186. The van der Waals surface area contributed by atoms with Gasteiger partial charge in [0.1, 0.15) is 6.10 Å². The van der Waals surface area contributed by atoms with Crippen LogP contribution >= 0.6 is 0 Å². The molecule has 1 aliphatic carbocycles. The van der Waals surface area contributed by atoms with E-state index in [-0.39, 0.29) is 6.10 Å². The first-order chi connectivity index (χ1) is 5.15. The zero-order valence-corrected chi connectivity index (χ0v) is 7.03. The van der Waals surface area contributed by atoms with Gasteiger partial charge in [-0.2, -0.15) is 0 Å². The number of aliphatic hydroxyl groups excluding tert-OH is 2. The van der Waals surface area contributed by atoms with E-state index in [1.807, 2.05) is 0 Å². The average molecular weight is 160 g/mol. The van der Waals surface area contributed by atoms with E-state index in [0.29, 0.717) is 12.3 Å². The van der Waals surface area contributed by atoms with Crippen LogP contribution < -0.4 is 0 Å². The predicted molar refractivity (Wildman–Crippen MR) is 41.2 cm³/mol. The molecule has 2 N–H and O–H groups in total. The molecule has 1 saturated carbocycles. The Balaban J connectivity index is 2.51. The number of rotatable bonds is 1. The van der Waals surface area contributed by atoms with Gasteiger partial charge in [0.05, 0.1) is 12.2 Å². The van der Waals surface area contributed by atoms with Crippen LogP contribution in [0.25, 0.3) is 0 Å². The van der Waals surface area contributed by atoms with Crippen molar-refractivity contribution in [2.45, 2.75) is 38.1 Å². The van der Waals surface area contributed by atoms with E-state index in [0.717, 1.165) is 6.42 Å². The Morgan fingerprint density at radius 2 is 1.91 bits per heavy atom. The van der Waals surface area contributed by atoms with E-state index in [1.54, 1.807) is 7.11 Å². The summed E-state index contributed by atoms with van der Waals surface area (Å²) < 4.78 is 5.03. The molecule has 0 bridgehead atoms. The standard InChI is InChI=1S/C8H16O3/c1-5-3-6(9)8(10)7(4-5)11-2/h5-10H,3-4H2,1-2H3. The van der Waals surface area contributed by atoms with Gasteiger partial charge in [-0.25, -0.2) is 0 Å². The molecule has 0 aromatic heterocycles. The Kier molecular flexibility index (Phi) is 2.87. The van der Waals surface area contributed by atoms with E-state index in [9.17, 15) is 10.2 Å². The van der Waals surface area contributed by atoms with E-state index in [1.165, 1.54) is 0 Å². The fraction of sp³-hybridized carbons (Fsp3) is 1.00. The highest BCUT2D eigenvalue weighted by Gasteiger charge is 2.33. The summed E-state index contributed by atoms with van der Waals surface area (Å²) >= 11 is 0. The van der Waals surface area contributed by atoms with Gasteiger partial charge in [-0.05, 0) is 18.8 Å². The molecule has 0 saturated heterocycles. The molecular formula is C8H16O3. The van der Waals surface area contributed by atoms with E-state index < -0.39 is 12.2 Å². The quantitative estimate of drug-likeness (QED) is 0.574. The molecule has 0 aromatic carbocycles. The van der Waals surface area contributed by atoms with Crippen molar-refractivity contribution in [1.82, 2.24) is 0 Å². The molecule has 11 heavy (non-hydrogen) atoms. The Labute approximate surface area is 67.0 Å². The lowest BCUT2D eigenvalue weighted by molar-refractivity contribution is -0.111. The largest absolute Gasteiger partial charge is 0.390 e. The maximum absolute atomic E-state index is 9.38. The topological polar surface area (TPSA) is 49.7 Å². The summed E-state index contributed by atoms with van der Waals surface area (Å²) in [5.41, 5.74) is 0. The third-order valence-electron chi connectivity index (χ3n) is 2.36. The van der Waals surface area contributed by atoms with Crippen LogP contribution in [0, 0.1) is 5.92 Å². The van der Waals surface area contributed by atoms with Gasteiger partial charge in [0.15, 0.2) is 0 Å². The molecule has 66 valence electrons. The lowest BCUT2D eigenvalue weighted by Gasteiger charge is -2.34. The molecule has 0 aromatic rings. The predicted octanol–water partition coefficient (Wildman–Crippen LogP) is 0.153. The first-order valence-electron chi connectivity index (χ1n) is 4.04. The molecule has 1 aliphatic rings. The third-order valence-corrected chi connectivity index (χ3v) is 2.36. The molecule has 0 heterocycles. The van der Waals surface area contributed by atoms with Crippen LogP contribution in [0.1, 0.15) is 19.8 Å². The monoisotopic (exact) mass is 160 g/mol. The third kappa shape index (κ3) is 1.92. The van der Waals surface area contributed by atoms with Gasteiger partial charge in [-0.3, -0.25) is 0 Å². The molecule has 4 atom stereocenters.